The van der Waals surface area contributed by atoms with Crippen LogP contribution in [0, 0.1) is 23.0 Å². The van der Waals surface area contributed by atoms with Gasteiger partial charge in [-0.05, 0) is 26.3 Å². The SMILES string of the molecule is CCOC(=O)c1sc(NC(=O)C(C)Cn2cc([N+](=O)[O-])cn2)c(C(=O)OCC)c1C. The summed E-state index contributed by atoms with van der Waals surface area (Å²) in [5.74, 6) is -2.33. The average Bonchev–Trinajstić information content (AvgIpc) is 3.26. The highest BCUT2D eigenvalue weighted by Crippen LogP contribution is 2.34. The van der Waals surface area contributed by atoms with Crippen LogP contribution in [0.25, 0.3) is 0 Å². The molecule has 1 unspecified atom stereocenters. The summed E-state index contributed by atoms with van der Waals surface area (Å²) in [5, 5.41) is 17.5. The van der Waals surface area contributed by atoms with Crippen LogP contribution in [0.4, 0.5) is 10.7 Å². The molecule has 1 N–H and O–H groups in total. The number of hydrogen-bond acceptors (Lipinski definition) is 9. The molecule has 1 amide bonds. The molecule has 162 valence electrons. The molecule has 2 rings (SSSR count). The molecule has 11 nitrogen and oxygen atoms in total. The third-order valence-corrected chi connectivity index (χ3v) is 5.25. The molecule has 0 radical (unpaired) electrons. The van der Waals surface area contributed by atoms with Gasteiger partial charge >= 0.3 is 17.6 Å². The summed E-state index contributed by atoms with van der Waals surface area (Å²) in [5.41, 5.74) is 0.280. The Morgan fingerprint density at radius 3 is 2.47 bits per heavy atom. The van der Waals surface area contributed by atoms with Gasteiger partial charge in [-0.2, -0.15) is 5.10 Å². The van der Waals surface area contributed by atoms with Crippen molar-refractivity contribution in [2.24, 2.45) is 5.92 Å². The molecule has 0 aliphatic heterocycles. The Morgan fingerprint density at radius 2 is 1.90 bits per heavy atom. The van der Waals surface area contributed by atoms with E-state index in [9.17, 15) is 24.5 Å². The van der Waals surface area contributed by atoms with Gasteiger partial charge in [-0.25, -0.2) is 9.59 Å². The van der Waals surface area contributed by atoms with Crippen LogP contribution in [-0.4, -0.2) is 45.8 Å². The van der Waals surface area contributed by atoms with Crippen LogP contribution >= 0.6 is 11.3 Å². The lowest BCUT2D eigenvalue weighted by atomic mass is 10.1. The number of anilines is 1. The van der Waals surface area contributed by atoms with E-state index >= 15 is 0 Å². The second-order valence-corrected chi connectivity index (χ2v) is 7.29. The number of nitrogens with zero attached hydrogens (tertiary/aromatic N) is 3. The Balaban J connectivity index is 2.24. The van der Waals surface area contributed by atoms with E-state index in [0.29, 0.717) is 5.56 Å². The Morgan fingerprint density at radius 1 is 1.27 bits per heavy atom. The number of aromatic nitrogens is 2. The van der Waals surface area contributed by atoms with Crippen molar-refractivity contribution in [2.45, 2.75) is 34.2 Å². The molecule has 1 atom stereocenters. The summed E-state index contributed by atoms with van der Waals surface area (Å²) < 4.78 is 11.4. The summed E-state index contributed by atoms with van der Waals surface area (Å²) in [6.07, 6.45) is 2.32. The van der Waals surface area contributed by atoms with Crippen molar-refractivity contribution in [3.63, 3.8) is 0 Å². The van der Waals surface area contributed by atoms with Gasteiger partial charge < -0.3 is 14.8 Å². The Labute approximate surface area is 176 Å². The van der Waals surface area contributed by atoms with Crippen molar-refractivity contribution in [1.29, 1.82) is 0 Å². The van der Waals surface area contributed by atoms with Crippen LogP contribution in [0.3, 0.4) is 0 Å². The fraction of sp³-hybridized carbons (Fsp3) is 0.444. The summed E-state index contributed by atoms with van der Waals surface area (Å²) in [4.78, 5) is 47.6. The number of nitro groups is 1. The maximum atomic E-state index is 12.7. The Hall–Kier alpha value is -3.28. The minimum Gasteiger partial charge on any atom is -0.462 e. The quantitative estimate of drug-likeness (QED) is 0.358. The number of ether oxygens (including phenoxy) is 2. The molecule has 2 aromatic heterocycles. The van der Waals surface area contributed by atoms with E-state index in [0.717, 1.165) is 17.5 Å². The molecule has 0 bridgehead atoms. The first-order valence-corrected chi connectivity index (χ1v) is 9.96. The lowest BCUT2D eigenvalue weighted by Gasteiger charge is -2.12. The lowest BCUT2D eigenvalue weighted by Crippen LogP contribution is -2.25. The minimum atomic E-state index is -0.660. The van der Waals surface area contributed by atoms with Crippen LogP contribution in [-0.2, 0) is 20.8 Å². The van der Waals surface area contributed by atoms with E-state index in [4.69, 9.17) is 9.47 Å². The molecule has 0 saturated carbocycles. The third-order valence-electron chi connectivity index (χ3n) is 4.06. The summed E-state index contributed by atoms with van der Waals surface area (Å²) in [6, 6.07) is 0. The van der Waals surface area contributed by atoms with Crippen LogP contribution in [0.15, 0.2) is 12.4 Å². The zero-order chi connectivity index (χ0) is 22.4. The van der Waals surface area contributed by atoms with Crippen LogP contribution in [0.2, 0.25) is 0 Å². The minimum absolute atomic E-state index is 0.0868. The molecular weight excluding hydrogens is 416 g/mol. The number of hydrogen-bond donors (Lipinski definition) is 1. The van der Waals surface area contributed by atoms with E-state index < -0.39 is 28.7 Å². The van der Waals surface area contributed by atoms with Crippen molar-refractivity contribution in [1.82, 2.24) is 9.78 Å². The third kappa shape index (κ3) is 5.20. The predicted molar refractivity (Wildman–Crippen MR) is 108 cm³/mol. The number of carbonyl (C=O) groups excluding carboxylic acids is 3. The number of nitrogens with one attached hydrogen (secondary N) is 1. The summed E-state index contributed by atoms with van der Waals surface area (Å²) >= 11 is 0.929. The second-order valence-electron chi connectivity index (χ2n) is 6.27. The number of esters is 2. The zero-order valence-electron chi connectivity index (χ0n) is 17.0. The average molecular weight is 438 g/mol. The smallest absolute Gasteiger partial charge is 0.348 e. The van der Waals surface area contributed by atoms with Gasteiger partial charge in [-0.1, -0.05) is 6.92 Å². The molecule has 0 aliphatic rings. The van der Waals surface area contributed by atoms with Gasteiger partial charge in [0.05, 0.1) is 36.2 Å². The van der Waals surface area contributed by atoms with Crippen molar-refractivity contribution < 1.29 is 28.8 Å². The fourth-order valence-electron chi connectivity index (χ4n) is 2.59. The van der Waals surface area contributed by atoms with Crippen molar-refractivity contribution in [3.8, 4) is 0 Å². The van der Waals surface area contributed by atoms with Crippen LogP contribution in [0.1, 0.15) is 46.4 Å². The number of amides is 1. The topological polar surface area (TPSA) is 143 Å². The lowest BCUT2D eigenvalue weighted by molar-refractivity contribution is -0.385. The standard InChI is InChI=1S/C18H22N4O7S/c1-5-28-17(24)13-11(4)14(18(25)29-6-2)30-16(13)20-15(23)10(3)8-21-9-12(7-19-21)22(26)27/h7,9-10H,5-6,8H2,1-4H3,(H,20,23). The van der Waals surface area contributed by atoms with E-state index in [1.807, 2.05) is 0 Å². The van der Waals surface area contributed by atoms with E-state index in [1.54, 1.807) is 27.7 Å². The highest BCUT2D eigenvalue weighted by Gasteiger charge is 2.28. The van der Waals surface area contributed by atoms with Gasteiger partial charge in [-0.15, -0.1) is 11.3 Å². The van der Waals surface area contributed by atoms with Crippen LogP contribution in [0.5, 0.6) is 0 Å². The molecular formula is C18H22N4O7S. The van der Waals surface area contributed by atoms with Crippen molar-refractivity contribution >= 4 is 39.9 Å². The molecule has 0 saturated heterocycles. The Bertz CT molecular complexity index is 966. The monoisotopic (exact) mass is 438 g/mol. The molecule has 0 aliphatic carbocycles. The largest absolute Gasteiger partial charge is 0.462 e. The first-order chi connectivity index (χ1) is 14.2. The summed E-state index contributed by atoms with van der Waals surface area (Å²) in [7, 11) is 0. The fourth-order valence-corrected chi connectivity index (χ4v) is 3.68. The first-order valence-electron chi connectivity index (χ1n) is 9.14. The van der Waals surface area contributed by atoms with E-state index in [2.05, 4.69) is 10.4 Å². The van der Waals surface area contributed by atoms with Gasteiger partial charge in [-0.3, -0.25) is 19.6 Å². The van der Waals surface area contributed by atoms with E-state index in [1.165, 1.54) is 10.9 Å². The molecule has 0 aromatic carbocycles. The molecule has 0 spiro atoms. The summed E-state index contributed by atoms with van der Waals surface area (Å²) in [6.45, 7) is 6.89. The molecule has 0 fully saturated rings. The Kier molecular flexibility index (Phi) is 7.64. The van der Waals surface area contributed by atoms with Crippen molar-refractivity contribution in [3.05, 3.63) is 38.5 Å². The highest BCUT2D eigenvalue weighted by molar-refractivity contribution is 7.18. The number of rotatable bonds is 9. The van der Waals surface area contributed by atoms with Gasteiger partial charge in [0.2, 0.25) is 5.91 Å². The van der Waals surface area contributed by atoms with Crippen LogP contribution < -0.4 is 5.32 Å². The number of thiophene rings is 1. The van der Waals surface area contributed by atoms with Gasteiger partial charge in [0.15, 0.2) is 0 Å². The molecule has 2 aromatic rings. The normalized spacial score (nSPS) is 11.6. The second kappa shape index (κ2) is 9.96. The van der Waals surface area contributed by atoms with E-state index in [-0.39, 0.29) is 40.9 Å². The van der Waals surface area contributed by atoms with Gasteiger partial charge in [0, 0.05) is 0 Å². The van der Waals surface area contributed by atoms with Crippen molar-refractivity contribution in [2.75, 3.05) is 18.5 Å². The van der Waals surface area contributed by atoms with Gasteiger partial charge in [0.1, 0.15) is 22.3 Å². The first kappa shape index (κ1) is 23.0. The molecule has 2 heterocycles. The maximum absolute atomic E-state index is 12.7. The maximum Gasteiger partial charge on any atom is 0.348 e. The zero-order valence-corrected chi connectivity index (χ0v) is 17.8. The molecule has 12 heteroatoms. The highest BCUT2D eigenvalue weighted by atomic mass is 32.1. The predicted octanol–water partition coefficient (Wildman–Crippen LogP) is 2.79. The van der Waals surface area contributed by atoms with Gasteiger partial charge in [0.25, 0.3) is 0 Å². The molecule has 30 heavy (non-hydrogen) atoms. The number of carbonyl (C=O) groups is 3.